The number of carbonyl (C=O) groups excluding carboxylic acids is 2. The fourth-order valence-corrected chi connectivity index (χ4v) is 5.43. The van der Waals surface area contributed by atoms with Crippen LogP contribution in [0.4, 0.5) is 4.79 Å². The van der Waals surface area contributed by atoms with Crippen LogP contribution in [0.2, 0.25) is 0 Å². The zero-order valence-corrected chi connectivity index (χ0v) is 20.2. The lowest BCUT2D eigenvalue weighted by Gasteiger charge is -2.24. The number of carbonyl (C=O) groups is 3. The SMILES string of the molecule is CCCC[C@H](CC(=O)O)NC(=O)[C@H]1CCC[C@H]1NC(=O)OCC1c2ccccc2-c2ccccc21. The van der Waals surface area contributed by atoms with Crippen LogP contribution >= 0.6 is 0 Å². The Hall–Kier alpha value is -3.35. The molecule has 7 nitrogen and oxygen atoms in total. The third kappa shape index (κ3) is 5.84. The quantitative estimate of drug-likeness (QED) is 0.453. The number of ether oxygens (including phenoxy) is 1. The molecular weight excluding hydrogens is 444 g/mol. The van der Waals surface area contributed by atoms with Gasteiger partial charge in [-0.1, -0.05) is 74.7 Å². The first-order chi connectivity index (χ1) is 17.0. The lowest BCUT2D eigenvalue weighted by Crippen LogP contribution is -2.47. The van der Waals surface area contributed by atoms with Gasteiger partial charge in [0.1, 0.15) is 6.61 Å². The second kappa shape index (κ2) is 11.4. The number of rotatable bonds is 10. The Labute approximate surface area is 206 Å². The third-order valence-corrected chi connectivity index (χ3v) is 7.17. The van der Waals surface area contributed by atoms with Gasteiger partial charge in [-0.15, -0.1) is 0 Å². The summed E-state index contributed by atoms with van der Waals surface area (Å²) in [4.78, 5) is 36.8. The molecule has 2 aliphatic rings. The van der Waals surface area contributed by atoms with E-state index in [0.717, 1.165) is 30.4 Å². The summed E-state index contributed by atoms with van der Waals surface area (Å²) in [6.45, 7) is 2.26. The fourth-order valence-electron chi connectivity index (χ4n) is 5.43. The molecule has 0 aliphatic heterocycles. The minimum atomic E-state index is -0.925. The van der Waals surface area contributed by atoms with Crippen molar-refractivity contribution in [2.45, 2.75) is 69.9 Å². The molecule has 2 aliphatic carbocycles. The Morgan fingerprint density at radius 1 is 1.03 bits per heavy atom. The molecule has 186 valence electrons. The van der Waals surface area contributed by atoms with Crippen molar-refractivity contribution in [3.05, 3.63) is 59.7 Å². The predicted molar refractivity (Wildman–Crippen MR) is 133 cm³/mol. The summed E-state index contributed by atoms with van der Waals surface area (Å²) in [5, 5.41) is 15.0. The Balaban J connectivity index is 1.34. The van der Waals surface area contributed by atoms with Gasteiger partial charge in [-0.2, -0.15) is 0 Å². The summed E-state index contributed by atoms with van der Waals surface area (Å²) in [6, 6.07) is 15.6. The van der Waals surface area contributed by atoms with Crippen LogP contribution in [0.5, 0.6) is 0 Å². The van der Waals surface area contributed by atoms with Crippen molar-refractivity contribution in [1.82, 2.24) is 10.6 Å². The number of fused-ring (bicyclic) bond motifs is 3. The maximum Gasteiger partial charge on any atom is 0.407 e. The number of unbranched alkanes of at least 4 members (excludes halogenated alkanes) is 1. The van der Waals surface area contributed by atoms with Gasteiger partial charge >= 0.3 is 12.1 Å². The van der Waals surface area contributed by atoms with Crippen LogP contribution in [0.15, 0.2) is 48.5 Å². The van der Waals surface area contributed by atoms with E-state index in [1.165, 1.54) is 11.1 Å². The van der Waals surface area contributed by atoms with Crippen LogP contribution in [0.1, 0.15) is 68.9 Å². The molecule has 7 heteroatoms. The highest BCUT2D eigenvalue weighted by Gasteiger charge is 2.36. The van der Waals surface area contributed by atoms with Gasteiger partial charge in [-0.25, -0.2) is 4.79 Å². The van der Waals surface area contributed by atoms with E-state index in [1.54, 1.807) is 0 Å². The number of aliphatic carboxylic acids is 1. The molecule has 1 saturated carbocycles. The van der Waals surface area contributed by atoms with Crippen molar-refractivity contribution >= 4 is 18.0 Å². The average Bonchev–Trinajstić information content (AvgIpc) is 3.43. The normalized spacial score (nSPS) is 19.5. The van der Waals surface area contributed by atoms with Gasteiger partial charge in [0.05, 0.1) is 12.3 Å². The first-order valence-corrected chi connectivity index (χ1v) is 12.6. The lowest BCUT2D eigenvalue weighted by atomic mass is 9.98. The lowest BCUT2D eigenvalue weighted by molar-refractivity contribution is -0.138. The number of carboxylic acids is 1. The highest BCUT2D eigenvalue weighted by atomic mass is 16.5. The van der Waals surface area contributed by atoms with Crippen molar-refractivity contribution in [1.29, 1.82) is 0 Å². The standard InChI is InChI=1S/C28H34N2O5/c1-2-3-9-18(16-26(31)32)29-27(33)23-14-8-15-25(23)30-28(34)35-17-24-21-12-6-4-10-19(21)20-11-5-7-13-22(20)24/h4-7,10-13,18,23-25H,2-3,8-9,14-17H2,1H3,(H,29,33)(H,30,34)(H,31,32)/t18-,23+,25-/m1/s1. The van der Waals surface area contributed by atoms with Crippen LogP contribution < -0.4 is 10.6 Å². The molecule has 3 atom stereocenters. The van der Waals surface area contributed by atoms with Crippen molar-refractivity contribution < 1.29 is 24.2 Å². The number of hydrogen-bond donors (Lipinski definition) is 3. The smallest absolute Gasteiger partial charge is 0.407 e. The maximum atomic E-state index is 12.9. The molecule has 0 bridgehead atoms. The number of nitrogens with one attached hydrogen (secondary N) is 2. The molecule has 0 saturated heterocycles. The molecule has 3 N–H and O–H groups in total. The first-order valence-electron chi connectivity index (χ1n) is 12.6. The van der Waals surface area contributed by atoms with E-state index in [1.807, 2.05) is 31.2 Å². The van der Waals surface area contributed by atoms with Gasteiger partial charge in [0, 0.05) is 18.0 Å². The van der Waals surface area contributed by atoms with E-state index in [9.17, 15) is 19.5 Å². The molecule has 0 heterocycles. The summed E-state index contributed by atoms with van der Waals surface area (Å²) < 4.78 is 5.66. The number of alkyl carbamates (subject to hydrolysis) is 1. The van der Waals surface area contributed by atoms with Crippen molar-refractivity contribution in [2.75, 3.05) is 6.61 Å². The fraction of sp³-hybridized carbons (Fsp3) is 0.464. The van der Waals surface area contributed by atoms with E-state index < -0.39 is 18.1 Å². The zero-order valence-electron chi connectivity index (χ0n) is 20.2. The van der Waals surface area contributed by atoms with Gasteiger partial charge < -0.3 is 20.5 Å². The minimum absolute atomic E-state index is 0.0221. The minimum Gasteiger partial charge on any atom is -0.481 e. The number of carboxylic acid groups (broad SMARTS) is 1. The Morgan fingerprint density at radius 3 is 2.31 bits per heavy atom. The van der Waals surface area contributed by atoms with Crippen LogP contribution in [0, 0.1) is 5.92 Å². The van der Waals surface area contributed by atoms with Crippen LogP contribution in [0.3, 0.4) is 0 Å². The molecule has 2 amide bonds. The highest BCUT2D eigenvalue weighted by molar-refractivity contribution is 5.82. The molecule has 0 spiro atoms. The van der Waals surface area contributed by atoms with Gasteiger partial charge in [0.2, 0.25) is 5.91 Å². The van der Waals surface area contributed by atoms with E-state index >= 15 is 0 Å². The maximum absolute atomic E-state index is 12.9. The summed E-state index contributed by atoms with van der Waals surface area (Å²) in [5.74, 6) is -1.51. The number of hydrogen-bond acceptors (Lipinski definition) is 4. The van der Waals surface area contributed by atoms with Gasteiger partial charge in [-0.05, 0) is 41.5 Å². The Morgan fingerprint density at radius 2 is 1.69 bits per heavy atom. The molecule has 35 heavy (non-hydrogen) atoms. The van der Waals surface area contributed by atoms with Gasteiger partial charge in [-0.3, -0.25) is 9.59 Å². The predicted octanol–water partition coefficient (Wildman–Crippen LogP) is 4.84. The van der Waals surface area contributed by atoms with Crippen LogP contribution in [-0.2, 0) is 14.3 Å². The number of benzene rings is 2. The van der Waals surface area contributed by atoms with Crippen molar-refractivity contribution in [2.24, 2.45) is 5.92 Å². The molecule has 4 rings (SSSR count). The molecule has 2 aromatic carbocycles. The molecule has 0 aromatic heterocycles. The Bertz CT molecular complexity index is 1020. The first kappa shape index (κ1) is 24.8. The number of amides is 2. The largest absolute Gasteiger partial charge is 0.481 e. The van der Waals surface area contributed by atoms with Crippen LogP contribution in [0.25, 0.3) is 11.1 Å². The average molecular weight is 479 g/mol. The second-order valence-corrected chi connectivity index (χ2v) is 9.56. The summed E-state index contributed by atoms with van der Waals surface area (Å²) >= 11 is 0. The summed E-state index contributed by atoms with van der Waals surface area (Å²) in [6.07, 6.45) is 3.98. The monoisotopic (exact) mass is 478 g/mol. The molecule has 0 radical (unpaired) electrons. The van der Waals surface area contributed by atoms with E-state index in [4.69, 9.17) is 4.74 Å². The topological polar surface area (TPSA) is 105 Å². The van der Waals surface area contributed by atoms with Crippen molar-refractivity contribution in [3.63, 3.8) is 0 Å². The molecule has 1 fully saturated rings. The Kier molecular flexibility index (Phi) is 8.06. The second-order valence-electron chi connectivity index (χ2n) is 9.56. The van der Waals surface area contributed by atoms with Gasteiger partial charge in [0.25, 0.3) is 0 Å². The molecular formula is C28H34N2O5. The molecule has 0 unspecified atom stereocenters. The zero-order chi connectivity index (χ0) is 24.8. The van der Waals surface area contributed by atoms with Crippen molar-refractivity contribution in [3.8, 4) is 11.1 Å². The summed E-state index contributed by atoms with van der Waals surface area (Å²) in [7, 11) is 0. The van der Waals surface area contributed by atoms with E-state index in [2.05, 4.69) is 34.9 Å². The van der Waals surface area contributed by atoms with Crippen LogP contribution in [-0.4, -0.2) is 41.8 Å². The van der Waals surface area contributed by atoms with Gasteiger partial charge in [0.15, 0.2) is 0 Å². The third-order valence-electron chi connectivity index (χ3n) is 7.17. The van der Waals surface area contributed by atoms with E-state index in [-0.39, 0.29) is 36.8 Å². The molecule has 2 aromatic rings. The highest BCUT2D eigenvalue weighted by Crippen LogP contribution is 2.44. The summed E-state index contributed by atoms with van der Waals surface area (Å²) in [5.41, 5.74) is 4.64. The van der Waals surface area contributed by atoms with E-state index in [0.29, 0.717) is 19.3 Å².